The quantitative estimate of drug-likeness (QED) is 0.837. The molecule has 0 radical (unpaired) electrons. The second-order valence-corrected chi connectivity index (χ2v) is 4.12. The van der Waals surface area contributed by atoms with Crippen molar-refractivity contribution in [2.45, 2.75) is 0 Å². The van der Waals surface area contributed by atoms with Crippen molar-refractivity contribution in [1.29, 1.82) is 0 Å². The standard InChI is InChI=1S/C16H13NO3/c18-15(10-9-12-5-2-1-3-6-12)17-14-8-4-7-13(11-14)16(19)20/h1-11H,(H,17,18)(H,19,20)/b10-9+. The highest BCUT2D eigenvalue weighted by atomic mass is 16.4. The van der Waals surface area contributed by atoms with E-state index in [0.717, 1.165) is 5.56 Å². The van der Waals surface area contributed by atoms with Crippen LogP contribution >= 0.6 is 0 Å². The fourth-order valence-corrected chi connectivity index (χ4v) is 1.65. The molecule has 2 N–H and O–H groups in total. The lowest BCUT2D eigenvalue weighted by Gasteiger charge is -2.03. The zero-order valence-corrected chi connectivity index (χ0v) is 10.6. The van der Waals surface area contributed by atoms with Gasteiger partial charge in [-0.15, -0.1) is 0 Å². The van der Waals surface area contributed by atoms with Crippen molar-refractivity contribution in [2.24, 2.45) is 0 Å². The predicted molar refractivity (Wildman–Crippen MR) is 77.5 cm³/mol. The first-order valence-corrected chi connectivity index (χ1v) is 6.02. The van der Waals surface area contributed by atoms with Gasteiger partial charge in [0, 0.05) is 11.8 Å². The van der Waals surface area contributed by atoms with Crippen LogP contribution in [0.2, 0.25) is 0 Å². The van der Waals surface area contributed by atoms with Gasteiger partial charge in [-0.1, -0.05) is 36.4 Å². The van der Waals surface area contributed by atoms with Gasteiger partial charge < -0.3 is 10.4 Å². The van der Waals surface area contributed by atoms with Crippen molar-refractivity contribution < 1.29 is 14.7 Å². The van der Waals surface area contributed by atoms with Gasteiger partial charge in [0.15, 0.2) is 0 Å². The molecule has 2 rings (SSSR count). The van der Waals surface area contributed by atoms with Crippen LogP contribution in [0.5, 0.6) is 0 Å². The molecule has 0 spiro atoms. The fourth-order valence-electron chi connectivity index (χ4n) is 1.65. The summed E-state index contributed by atoms with van der Waals surface area (Å²) >= 11 is 0. The van der Waals surface area contributed by atoms with Crippen LogP contribution < -0.4 is 5.32 Å². The summed E-state index contributed by atoms with van der Waals surface area (Å²) in [4.78, 5) is 22.5. The lowest BCUT2D eigenvalue weighted by atomic mass is 10.2. The van der Waals surface area contributed by atoms with Crippen molar-refractivity contribution in [2.75, 3.05) is 5.32 Å². The first kappa shape index (κ1) is 13.5. The summed E-state index contributed by atoms with van der Waals surface area (Å²) in [5.41, 5.74) is 1.50. The molecule has 2 aromatic carbocycles. The van der Waals surface area contributed by atoms with Crippen molar-refractivity contribution >= 4 is 23.6 Å². The van der Waals surface area contributed by atoms with Crippen molar-refractivity contribution in [3.63, 3.8) is 0 Å². The van der Waals surface area contributed by atoms with Gasteiger partial charge in [-0.05, 0) is 29.8 Å². The maximum absolute atomic E-state index is 11.7. The highest BCUT2D eigenvalue weighted by Gasteiger charge is 2.04. The molecule has 0 fully saturated rings. The summed E-state index contributed by atoms with van der Waals surface area (Å²) in [5, 5.41) is 11.5. The van der Waals surface area contributed by atoms with Crippen LogP contribution in [0.15, 0.2) is 60.7 Å². The monoisotopic (exact) mass is 267 g/mol. The van der Waals surface area contributed by atoms with E-state index in [-0.39, 0.29) is 11.5 Å². The molecule has 0 bridgehead atoms. The number of hydrogen-bond acceptors (Lipinski definition) is 2. The van der Waals surface area contributed by atoms with E-state index in [1.54, 1.807) is 18.2 Å². The zero-order chi connectivity index (χ0) is 14.4. The van der Waals surface area contributed by atoms with E-state index in [9.17, 15) is 9.59 Å². The molecule has 0 aliphatic rings. The molecule has 0 aliphatic carbocycles. The van der Waals surface area contributed by atoms with Gasteiger partial charge >= 0.3 is 5.97 Å². The number of carbonyl (C=O) groups is 2. The molecule has 100 valence electrons. The molecular formula is C16H13NO3. The van der Waals surface area contributed by atoms with E-state index in [1.165, 1.54) is 18.2 Å². The van der Waals surface area contributed by atoms with Crippen LogP contribution in [0.3, 0.4) is 0 Å². The summed E-state index contributed by atoms with van der Waals surface area (Å²) in [5.74, 6) is -1.34. The number of nitrogens with one attached hydrogen (secondary N) is 1. The molecular weight excluding hydrogens is 254 g/mol. The predicted octanol–water partition coefficient (Wildman–Crippen LogP) is 3.04. The first-order valence-electron chi connectivity index (χ1n) is 6.02. The number of hydrogen-bond donors (Lipinski definition) is 2. The number of amides is 1. The van der Waals surface area contributed by atoms with Crippen molar-refractivity contribution in [1.82, 2.24) is 0 Å². The van der Waals surface area contributed by atoms with E-state index in [4.69, 9.17) is 5.11 Å². The number of benzene rings is 2. The van der Waals surface area contributed by atoms with Gasteiger partial charge in [0.05, 0.1) is 5.56 Å². The Balaban J connectivity index is 2.03. The Morgan fingerprint density at radius 1 is 1.00 bits per heavy atom. The average Bonchev–Trinajstić information content (AvgIpc) is 2.46. The van der Waals surface area contributed by atoms with Crippen LogP contribution in [0.4, 0.5) is 5.69 Å². The summed E-state index contributed by atoms with van der Waals surface area (Å²) in [6, 6.07) is 15.5. The Kier molecular flexibility index (Phi) is 4.29. The van der Waals surface area contributed by atoms with E-state index < -0.39 is 5.97 Å². The van der Waals surface area contributed by atoms with Crippen LogP contribution in [0.25, 0.3) is 6.08 Å². The molecule has 0 heterocycles. The minimum atomic E-state index is -1.03. The van der Waals surface area contributed by atoms with Crippen LogP contribution in [-0.2, 0) is 4.79 Å². The van der Waals surface area contributed by atoms with Crippen LogP contribution in [0, 0.1) is 0 Å². The van der Waals surface area contributed by atoms with E-state index >= 15 is 0 Å². The van der Waals surface area contributed by atoms with E-state index in [0.29, 0.717) is 5.69 Å². The summed E-state index contributed by atoms with van der Waals surface area (Å²) in [7, 11) is 0. The average molecular weight is 267 g/mol. The van der Waals surface area contributed by atoms with E-state index in [1.807, 2.05) is 30.3 Å². The highest BCUT2D eigenvalue weighted by Crippen LogP contribution is 2.11. The highest BCUT2D eigenvalue weighted by molar-refractivity contribution is 6.02. The Morgan fingerprint density at radius 2 is 1.75 bits per heavy atom. The molecule has 0 aromatic heterocycles. The summed E-state index contributed by atoms with van der Waals surface area (Å²) < 4.78 is 0. The maximum Gasteiger partial charge on any atom is 0.335 e. The second-order valence-electron chi connectivity index (χ2n) is 4.12. The molecule has 0 unspecified atom stereocenters. The van der Waals surface area contributed by atoms with Gasteiger partial charge in [-0.3, -0.25) is 4.79 Å². The number of carboxylic acids is 1. The normalized spacial score (nSPS) is 10.4. The van der Waals surface area contributed by atoms with Crippen molar-refractivity contribution in [3.8, 4) is 0 Å². The molecule has 1 amide bonds. The number of carbonyl (C=O) groups excluding carboxylic acids is 1. The van der Waals surface area contributed by atoms with Gasteiger partial charge in [0.1, 0.15) is 0 Å². The van der Waals surface area contributed by atoms with Gasteiger partial charge in [-0.25, -0.2) is 4.79 Å². The third-order valence-corrected chi connectivity index (χ3v) is 2.60. The van der Waals surface area contributed by atoms with Gasteiger partial charge in [0.25, 0.3) is 0 Å². The van der Waals surface area contributed by atoms with Gasteiger partial charge in [-0.2, -0.15) is 0 Å². The molecule has 2 aromatic rings. The number of rotatable bonds is 4. The second kappa shape index (κ2) is 6.33. The van der Waals surface area contributed by atoms with Crippen LogP contribution in [0.1, 0.15) is 15.9 Å². The minimum absolute atomic E-state index is 0.134. The number of carboxylic acid groups (broad SMARTS) is 1. The largest absolute Gasteiger partial charge is 0.478 e. The first-order chi connectivity index (χ1) is 9.65. The van der Waals surface area contributed by atoms with E-state index in [2.05, 4.69) is 5.32 Å². The Labute approximate surface area is 116 Å². The van der Waals surface area contributed by atoms with Crippen molar-refractivity contribution in [3.05, 3.63) is 71.8 Å². The molecule has 0 saturated carbocycles. The molecule has 0 atom stereocenters. The SMILES string of the molecule is O=C(/C=C/c1ccccc1)Nc1cccc(C(=O)O)c1. The molecule has 4 heteroatoms. The molecule has 0 saturated heterocycles. The third-order valence-electron chi connectivity index (χ3n) is 2.60. The molecule has 20 heavy (non-hydrogen) atoms. The molecule has 4 nitrogen and oxygen atoms in total. The third kappa shape index (κ3) is 3.81. The van der Waals surface area contributed by atoms with Gasteiger partial charge in [0.2, 0.25) is 5.91 Å². The maximum atomic E-state index is 11.7. The minimum Gasteiger partial charge on any atom is -0.478 e. The topological polar surface area (TPSA) is 66.4 Å². The van der Waals surface area contributed by atoms with Crippen LogP contribution in [-0.4, -0.2) is 17.0 Å². The number of aromatic carboxylic acids is 1. The molecule has 0 aliphatic heterocycles. The Hall–Kier alpha value is -2.88. The Bertz CT molecular complexity index is 648. The summed E-state index contributed by atoms with van der Waals surface area (Å²) in [6.07, 6.45) is 3.10. The number of anilines is 1. The Morgan fingerprint density at radius 3 is 2.45 bits per heavy atom. The lowest BCUT2D eigenvalue weighted by Crippen LogP contribution is -2.08. The summed E-state index contributed by atoms with van der Waals surface area (Å²) in [6.45, 7) is 0. The fraction of sp³-hybridized carbons (Fsp3) is 0. The zero-order valence-electron chi connectivity index (χ0n) is 10.6. The smallest absolute Gasteiger partial charge is 0.335 e. The lowest BCUT2D eigenvalue weighted by molar-refractivity contribution is -0.111.